The Balaban J connectivity index is 1.95. The van der Waals surface area contributed by atoms with Crippen LogP contribution in [0.25, 0.3) is 0 Å². The number of hydrogen-bond acceptors (Lipinski definition) is 4. The second-order valence-corrected chi connectivity index (χ2v) is 5.89. The summed E-state index contributed by atoms with van der Waals surface area (Å²) in [4.78, 5) is 24.6. The van der Waals surface area contributed by atoms with Gasteiger partial charge in [-0.15, -0.1) is 0 Å². The van der Waals surface area contributed by atoms with Crippen molar-refractivity contribution in [3.8, 4) is 5.75 Å². The molecule has 2 aromatic carbocycles. The predicted octanol–water partition coefficient (Wildman–Crippen LogP) is 2.90. The van der Waals surface area contributed by atoms with E-state index in [2.05, 4.69) is 5.32 Å². The van der Waals surface area contributed by atoms with E-state index in [4.69, 9.17) is 16.3 Å². The average molecular weight is 350 g/mol. The fourth-order valence-corrected chi connectivity index (χ4v) is 2.84. The van der Waals surface area contributed by atoms with Crippen molar-refractivity contribution in [3.63, 3.8) is 0 Å². The summed E-state index contributed by atoms with van der Waals surface area (Å²) in [6.45, 7) is 0. The molecule has 2 aromatic rings. The molecule has 0 fully saturated rings. The van der Waals surface area contributed by atoms with Crippen LogP contribution in [0.2, 0.25) is 5.02 Å². The van der Waals surface area contributed by atoms with Crippen LogP contribution in [0.5, 0.6) is 5.75 Å². The Kier molecular flexibility index (Phi) is 4.03. The maximum Gasteiger partial charge on any atom is 0.261 e. The number of ketones is 1. The first-order chi connectivity index (χ1) is 11.3. The Morgan fingerprint density at radius 2 is 2.08 bits per heavy atom. The van der Waals surface area contributed by atoms with Crippen LogP contribution in [-0.4, -0.2) is 23.9 Å². The van der Waals surface area contributed by atoms with Crippen molar-refractivity contribution < 1.29 is 23.8 Å². The van der Waals surface area contributed by atoms with Crippen molar-refractivity contribution >= 4 is 29.0 Å². The normalized spacial score (nSPS) is 18.9. The maximum absolute atomic E-state index is 14.0. The fraction of sp³-hybridized carbons (Fsp3) is 0.176. The summed E-state index contributed by atoms with van der Waals surface area (Å²) in [6, 6.07) is 8.25. The molecule has 0 bridgehead atoms. The zero-order valence-corrected chi connectivity index (χ0v) is 13.4. The number of carbonyl (C=O) groups excluding carboxylic acids is 2. The highest BCUT2D eigenvalue weighted by Crippen LogP contribution is 2.40. The minimum Gasteiger partial charge on any atom is -0.497 e. The number of aliphatic hydroxyl groups is 1. The van der Waals surface area contributed by atoms with E-state index in [1.807, 2.05) is 0 Å². The molecule has 0 aliphatic carbocycles. The highest BCUT2D eigenvalue weighted by Gasteiger charge is 2.47. The molecule has 3 rings (SSSR count). The van der Waals surface area contributed by atoms with Crippen molar-refractivity contribution in [2.24, 2.45) is 0 Å². The second-order valence-electron chi connectivity index (χ2n) is 5.45. The van der Waals surface area contributed by atoms with E-state index in [0.29, 0.717) is 10.7 Å². The fourth-order valence-electron chi connectivity index (χ4n) is 2.67. The van der Waals surface area contributed by atoms with E-state index in [1.165, 1.54) is 31.4 Å². The molecule has 0 saturated heterocycles. The van der Waals surface area contributed by atoms with Crippen molar-refractivity contribution in [3.05, 3.63) is 58.4 Å². The molecular weight excluding hydrogens is 337 g/mol. The summed E-state index contributed by atoms with van der Waals surface area (Å²) in [5.74, 6) is -1.98. The van der Waals surface area contributed by atoms with Crippen LogP contribution >= 0.6 is 11.6 Å². The van der Waals surface area contributed by atoms with Gasteiger partial charge in [-0.1, -0.05) is 11.6 Å². The van der Waals surface area contributed by atoms with E-state index >= 15 is 0 Å². The first kappa shape index (κ1) is 16.4. The lowest BCUT2D eigenvalue weighted by Crippen LogP contribution is -2.36. The molecule has 0 saturated carbocycles. The first-order valence-electron chi connectivity index (χ1n) is 7.06. The number of nitrogens with one attached hydrogen (secondary N) is 1. The lowest BCUT2D eigenvalue weighted by molar-refractivity contribution is -0.133. The van der Waals surface area contributed by atoms with Gasteiger partial charge in [0.2, 0.25) is 0 Å². The van der Waals surface area contributed by atoms with E-state index in [9.17, 15) is 19.1 Å². The zero-order valence-electron chi connectivity index (χ0n) is 12.6. The van der Waals surface area contributed by atoms with Gasteiger partial charge in [0, 0.05) is 22.3 Å². The molecule has 1 amide bonds. The summed E-state index contributed by atoms with van der Waals surface area (Å²) in [5.41, 5.74) is -1.76. The Morgan fingerprint density at radius 1 is 1.33 bits per heavy atom. The predicted molar refractivity (Wildman–Crippen MR) is 85.9 cm³/mol. The lowest BCUT2D eigenvalue weighted by atomic mass is 9.88. The summed E-state index contributed by atoms with van der Waals surface area (Å²) >= 11 is 5.90. The minimum absolute atomic E-state index is 0.197. The Morgan fingerprint density at radius 3 is 2.75 bits per heavy atom. The quantitative estimate of drug-likeness (QED) is 0.832. The standard InChI is InChI=1S/C17H13ClFNO4/c1-24-10-3-4-11(13(19)7-10)15(21)8-17(23)12-6-9(18)2-5-14(12)20-16(17)22/h2-7,23H,8H2,1H3,(H,20,22). The molecule has 0 spiro atoms. The van der Waals surface area contributed by atoms with E-state index in [0.717, 1.165) is 6.07 Å². The second kappa shape index (κ2) is 5.89. The first-order valence-corrected chi connectivity index (χ1v) is 7.43. The summed E-state index contributed by atoms with van der Waals surface area (Å²) < 4.78 is 18.9. The molecule has 1 heterocycles. The van der Waals surface area contributed by atoms with E-state index in [-0.39, 0.29) is 16.9 Å². The number of carbonyl (C=O) groups is 2. The molecule has 124 valence electrons. The Labute approximate surface area is 142 Å². The van der Waals surface area contributed by atoms with Crippen LogP contribution in [0.15, 0.2) is 36.4 Å². The zero-order chi connectivity index (χ0) is 17.5. The van der Waals surface area contributed by atoms with Crippen LogP contribution < -0.4 is 10.1 Å². The molecular formula is C17H13ClFNO4. The van der Waals surface area contributed by atoms with Gasteiger partial charge >= 0.3 is 0 Å². The molecule has 2 N–H and O–H groups in total. The number of ether oxygens (including phenoxy) is 1. The molecule has 0 radical (unpaired) electrons. The third-order valence-electron chi connectivity index (χ3n) is 3.94. The molecule has 1 unspecified atom stereocenters. The van der Waals surface area contributed by atoms with Crippen molar-refractivity contribution in [1.29, 1.82) is 0 Å². The topological polar surface area (TPSA) is 75.6 Å². The number of rotatable bonds is 4. The molecule has 7 heteroatoms. The van der Waals surface area contributed by atoms with Gasteiger partial charge in [0.25, 0.3) is 5.91 Å². The van der Waals surface area contributed by atoms with Crippen LogP contribution in [0.1, 0.15) is 22.3 Å². The maximum atomic E-state index is 14.0. The van der Waals surface area contributed by atoms with Crippen molar-refractivity contribution in [1.82, 2.24) is 0 Å². The lowest BCUT2D eigenvalue weighted by Gasteiger charge is -2.20. The monoisotopic (exact) mass is 349 g/mol. The van der Waals surface area contributed by atoms with Crippen LogP contribution in [0.4, 0.5) is 10.1 Å². The van der Waals surface area contributed by atoms with Crippen molar-refractivity contribution in [2.75, 3.05) is 12.4 Å². The number of amides is 1. The molecule has 5 nitrogen and oxygen atoms in total. The van der Waals surface area contributed by atoms with Gasteiger partial charge in [-0.3, -0.25) is 9.59 Å². The largest absolute Gasteiger partial charge is 0.497 e. The van der Waals surface area contributed by atoms with E-state index in [1.54, 1.807) is 6.07 Å². The van der Waals surface area contributed by atoms with Gasteiger partial charge < -0.3 is 15.2 Å². The van der Waals surface area contributed by atoms with Gasteiger partial charge in [0.1, 0.15) is 11.6 Å². The average Bonchev–Trinajstić information content (AvgIpc) is 2.78. The number of methoxy groups -OCH3 is 1. The SMILES string of the molecule is COc1ccc(C(=O)CC2(O)C(=O)Nc3ccc(Cl)cc32)c(F)c1. The third kappa shape index (κ3) is 2.64. The summed E-state index contributed by atoms with van der Waals surface area (Å²) in [5, 5.41) is 13.5. The summed E-state index contributed by atoms with van der Waals surface area (Å²) in [6.07, 6.45) is -0.602. The number of Topliss-reactive ketones (excluding diaryl/α,β-unsaturated/α-hetero) is 1. The number of fused-ring (bicyclic) bond motifs is 1. The summed E-state index contributed by atoms with van der Waals surface area (Å²) in [7, 11) is 1.38. The number of anilines is 1. The Hall–Kier alpha value is -2.44. The molecule has 1 aliphatic heterocycles. The van der Waals surface area contributed by atoms with Crippen LogP contribution in [0, 0.1) is 5.82 Å². The Bertz CT molecular complexity index is 854. The van der Waals surface area contributed by atoms with E-state index < -0.39 is 29.5 Å². The molecule has 24 heavy (non-hydrogen) atoms. The number of hydrogen-bond donors (Lipinski definition) is 2. The van der Waals surface area contributed by atoms with Gasteiger partial charge in [-0.25, -0.2) is 4.39 Å². The smallest absolute Gasteiger partial charge is 0.261 e. The van der Waals surface area contributed by atoms with Crippen LogP contribution in [0.3, 0.4) is 0 Å². The molecule has 1 aliphatic rings. The molecule has 1 atom stereocenters. The number of benzene rings is 2. The van der Waals surface area contributed by atoms with Crippen LogP contribution in [-0.2, 0) is 10.4 Å². The molecule has 0 aromatic heterocycles. The van der Waals surface area contributed by atoms with Gasteiger partial charge in [-0.05, 0) is 30.3 Å². The number of halogens is 2. The third-order valence-corrected chi connectivity index (χ3v) is 4.18. The van der Waals surface area contributed by atoms with Crippen molar-refractivity contribution in [2.45, 2.75) is 12.0 Å². The highest BCUT2D eigenvalue weighted by atomic mass is 35.5. The highest BCUT2D eigenvalue weighted by molar-refractivity contribution is 6.31. The minimum atomic E-state index is -2.09. The van der Waals surface area contributed by atoms with Gasteiger partial charge in [0.15, 0.2) is 11.4 Å². The van der Waals surface area contributed by atoms with Gasteiger partial charge in [-0.2, -0.15) is 0 Å². The van der Waals surface area contributed by atoms with Gasteiger partial charge in [0.05, 0.1) is 19.1 Å².